The molecular formula is C27H21F3N4O5. The molecule has 1 atom stereocenters. The van der Waals surface area contributed by atoms with Crippen LogP contribution < -0.4 is 25.4 Å². The molecular weight excluding hydrogens is 517 g/mol. The van der Waals surface area contributed by atoms with Crippen molar-refractivity contribution >= 4 is 34.0 Å². The summed E-state index contributed by atoms with van der Waals surface area (Å²) >= 11 is 0. The molecule has 1 fully saturated rings. The fourth-order valence-electron chi connectivity index (χ4n) is 4.40. The Morgan fingerprint density at radius 3 is 2.33 bits per heavy atom. The molecule has 4 aromatic rings. The zero-order chi connectivity index (χ0) is 27.7. The summed E-state index contributed by atoms with van der Waals surface area (Å²) in [5.41, 5.74) is 0.848. The molecule has 0 bridgehead atoms. The lowest BCUT2D eigenvalue weighted by atomic mass is 10.0. The number of para-hydroxylation sites is 2. The SMILES string of the molecule is COc1ccccc1NC1CCN(c2ccc(-c3nn(OC(=O)C(F)(F)F)c(=O)c4ccccc34)cc2)C1=O. The van der Waals surface area contributed by atoms with Gasteiger partial charge in [-0.3, -0.25) is 9.59 Å². The van der Waals surface area contributed by atoms with Crippen LogP contribution >= 0.6 is 0 Å². The van der Waals surface area contributed by atoms with Crippen LogP contribution in [0, 0.1) is 0 Å². The summed E-state index contributed by atoms with van der Waals surface area (Å²) in [6, 6.07) is 19.6. The van der Waals surface area contributed by atoms with Gasteiger partial charge in [0, 0.05) is 23.2 Å². The van der Waals surface area contributed by atoms with Crippen LogP contribution in [0.25, 0.3) is 22.0 Å². The third-order valence-electron chi connectivity index (χ3n) is 6.27. The number of halogens is 3. The number of benzene rings is 3. The van der Waals surface area contributed by atoms with Crippen molar-refractivity contribution in [3.8, 4) is 17.0 Å². The summed E-state index contributed by atoms with van der Waals surface area (Å²) in [6.07, 6.45) is -4.75. The zero-order valence-corrected chi connectivity index (χ0v) is 20.4. The van der Waals surface area contributed by atoms with Gasteiger partial charge >= 0.3 is 17.7 Å². The molecule has 1 saturated heterocycles. The number of rotatable bonds is 6. The predicted molar refractivity (Wildman–Crippen MR) is 136 cm³/mol. The van der Waals surface area contributed by atoms with Gasteiger partial charge in [-0.05, 0) is 41.6 Å². The highest BCUT2D eigenvalue weighted by molar-refractivity contribution is 6.01. The van der Waals surface area contributed by atoms with E-state index in [1.165, 1.54) is 12.1 Å². The van der Waals surface area contributed by atoms with Crippen molar-refractivity contribution in [3.05, 3.63) is 83.2 Å². The summed E-state index contributed by atoms with van der Waals surface area (Å²) in [6.45, 7) is 0.463. The molecule has 1 aliphatic heterocycles. The third kappa shape index (κ3) is 5.00. The first-order valence-corrected chi connectivity index (χ1v) is 11.8. The number of alkyl halides is 3. The first kappa shape index (κ1) is 25.8. The fourth-order valence-corrected chi connectivity index (χ4v) is 4.40. The van der Waals surface area contributed by atoms with Crippen molar-refractivity contribution in [2.24, 2.45) is 0 Å². The molecule has 12 heteroatoms. The van der Waals surface area contributed by atoms with Crippen LogP contribution in [0.5, 0.6) is 5.75 Å². The van der Waals surface area contributed by atoms with E-state index in [1.54, 1.807) is 54.5 Å². The number of carbonyl (C=O) groups is 2. The van der Waals surface area contributed by atoms with E-state index in [-0.39, 0.29) is 21.8 Å². The number of methoxy groups -OCH3 is 1. The lowest BCUT2D eigenvalue weighted by molar-refractivity contribution is -0.201. The molecule has 1 amide bonds. The van der Waals surface area contributed by atoms with Crippen LogP contribution in [0.1, 0.15) is 6.42 Å². The molecule has 0 aliphatic carbocycles. The fraction of sp³-hybridized carbons (Fsp3) is 0.185. The molecule has 3 aromatic carbocycles. The Kier molecular flexibility index (Phi) is 6.69. The molecule has 0 saturated carbocycles. The van der Waals surface area contributed by atoms with Crippen molar-refractivity contribution in [1.82, 2.24) is 9.94 Å². The smallest absolute Gasteiger partial charge is 0.493 e. The van der Waals surface area contributed by atoms with Gasteiger partial charge in [-0.15, -0.1) is 5.10 Å². The standard InChI is InChI=1S/C27H21F3N4O5/c1-38-22-9-5-4-8-20(22)31-21-14-15-33(25(21)36)17-12-10-16(11-13-17)23-18-6-2-3-7-19(18)24(35)34(32-23)39-26(37)27(28,29)30/h2-13,21,31H,14-15H2,1H3. The Morgan fingerprint density at radius 1 is 0.974 bits per heavy atom. The number of aromatic nitrogens is 2. The van der Waals surface area contributed by atoms with Gasteiger partial charge in [0.25, 0.3) is 0 Å². The van der Waals surface area contributed by atoms with E-state index in [2.05, 4.69) is 15.3 Å². The average Bonchev–Trinajstić information content (AvgIpc) is 3.29. The molecule has 1 N–H and O–H groups in total. The topological polar surface area (TPSA) is 103 Å². The van der Waals surface area contributed by atoms with Crippen LogP contribution in [0.3, 0.4) is 0 Å². The van der Waals surface area contributed by atoms with E-state index < -0.39 is 23.7 Å². The Balaban J connectivity index is 1.42. The van der Waals surface area contributed by atoms with E-state index in [0.29, 0.717) is 41.0 Å². The maximum atomic E-state index is 13.1. The van der Waals surface area contributed by atoms with Gasteiger partial charge < -0.3 is 19.8 Å². The second kappa shape index (κ2) is 10.1. The quantitative estimate of drug-likeness (QED) is 0.398. The average molecular weight is 538 g/mol. The number of anilines is 2. The first-order chi connectivity index (χ1) is 18.7. The molecule has 1 aliphatic rings. The van der Waals surface area contributed by atoms with Gasteiger partial charge in [0.1, 0.15) is 17.5 Å². The highest BCUT2D eigenvalue weighted by Crippen LogP contribution is 2.31. The molecule has 0 radical (unpaired) electrons. The third-order valence-corrected chi connectivity index (χ3v) is 6.27. The molecule has 5 rings (SSSR count). The zero-order valence-electron chi connectivity index (χ0n) is 20.4. The van der Waals surface area contributed by atoms with Crippen LogP contribution in [-0.4, -0.2) is 47.7 Å². The van der Waals surface area contributed by atoms with Gasteiger partial charge in [-0.2, -0.15) is 13.2 Å². The molecule has 1 unspecified atom stereocenters. The second-order valence-corrected chi connectivity index (χ2v) is 8.67. The number of nitrogens with one attached hydrogen (secondary N) is 1. The lowest BCUT2D eigenvalue weighted by Gasteiger charge is -2.19. The minimum absolute atomic E-state index is 0.0153. The van der Waals surface area contributed by atoms with Crippen LogP contribution in [0.15, 0.2) is 77.6 Å². The lowest BCUT2D eigenvalue weighted by Crippen LogP contribution is -2.39. The highest BCUT2D eigenvalue weighted by atomic mass is 19.4. The van der Waals surface area contributed by atoms with Crippen LogP contribution in [0.4, 0.5) is 24.5 Å². The number of ether oxygens (including phenoxy) is 1. The van der Waals surface area contributed by atoms with Gasteiger partial charge in [-0.1, -0.05) is 42.5 Å². The largest absolute Gasteiger partial charge is 0.495 e. The van der Waals surface area contributed by atoms with E-state index in [9.17, 15) is 27.6 Å². The van der Waals surface area contributed by atoms with E-state index >= 15 is 0 Å². The van der Waals surface area contributed by atoms with Crippen LogP contribution in [0.2, 0.25) is 0 Å². The monoisotopic (exact) mass is 538 g/mol. The Labute approximate surface area is 219 Å². The summed E-state index contributed by atoms with van der Waals surface area (Å²) < 4.78 is 43.6. The minimum Gasteiger partial charge on any atom is -0.495 e. The highest BCUT2D eigenvalue weighted by Gasteiger charge is 2.42. The van der Waals surface area contributed by atoms with Gasteiger partial charge in [0.05, 0.1) is 18.2 Å². The van der Waals surface area contributed by atoms with Gasteiger partial charge in [0.2, 0.25) is 5.91 Å². The van der Waals surface area contributed by atoms with Crippen LogP contribution in [-0.2, 0) is 9.59 Å². The van der Waals surface area contributed by atoms with E-state index in [4.69, 9.17) is 4.74 Å². The summed E-state index contributed by atoms with van der Waals surface area (Å²) in [7, 11) is 1.55. The molecule has 0 spiro atoms. The molecule has 9 nitrogen and oxygen atoms in total. The number of nitrogens with zero attached hydrogens (tertiary/aromatic N) is 3. The number of amides is 1. The van der Waals surface area contributed by atoms with E-state index in [1.807, 2.05) is 18.2 Å². The number of hydrogen-bond acceptors (Lipinski definition) is 7. The van der Waals surface area contributed by atoms with Crippen molar-refractivity contribution in [3.63, 3.8) is 0 Å². The minimum atomic E-state index is -5.31. The maximum Gasteiger partial charge on any atom is 0.493 e. The van der Waals surface area contributed by atoms with Crippen molar-refractivity contribution in [1.29, 1.82) is 0 Å². The van der Waals surface area contributed by atoms with Crippen molar-refractivity contribution in [2.75, 3.05) is 23.9 Å². The molecule has 1 aromatic heterocycles. The first-order valence-electron chi connectivity index (χ1n) is 11.8. The maximum absolute atomic E-state index is 13.1. The Hall–Kier alpha value is -4.87. The summed E-state index contributed by atoms with van der Waals surface area (Å²) in [5, 5.41) is 7.49. The van der Waals surface area contributed by atoms with E-state index in [0.717, 1.165) is 0 Å². The van der Waals surface area contributed by atoms with Gasteiger partial charge in [-0.25, -0.2) is 4.79 Å². The summed E-state index contributed by atoms with van der Waals surface area (Å²) in [4.78, 5) is 43.0. The number of carbonyl (C=O) groups excluding carboxylic acids is 2. The molecule has 39 heavy (non-hydrogen) atoms. The number of hydrogen-bond donors (Lipinski definition) is 1. The molecule has 2 heterocycles. The summed E-state index contributed by atoms with van der Waals surface area (Å²) in [5.74, 6) is -2.09. The van der Waals surface area contributed by atoms with Gasteiger partial charge in [0.15, 0.2) is 0 Å². The Bertz CT molecular complexity index is 1620. The normalized spacial score (nSPS) is 15.4. The Morgan fingerprint density at radius 2 is 1.64 bits per heavy atom. The van der Waals surface area contributed by atoms with Crippen molar-refractivity contribution < 1.29 is 32.3 Å². The molecule has 200 valence electrons. The second-order valence-electron chi connectivity index (χ2n) is 8.67. The van der Waals surface area contributed by atoms with Crippen molar-refractivity contribution in [2.45, 2.75) is 18.6 Å². The number of fused-ring (bicyclic) bond motifs is 1. The predicted octanol–water partition coefficient (Wildman–Crippen LogP) is 3.81.